The molecule has 6 heteroatoms. The van der Waals surface area contributed by atoms with E-state index in [1.165, 1.54) is 25.1 Å². The summed E-state index contributed by atoms with van der Waals surface area (Å²) >= 11 is 0. The van der Waals surface area contributed by atoms with Gasteiger partial charge in [-0.25, -0.2) is 0 Å². The van der Waals surface area contributed by atoms with Crippen molar-refractivity contribution in [1.29, 1.82) is 0 Å². The Kier molecular flexibility index (Phi) is 6.08. The van der Waals surface area contributed by atoms with Crippen LogP contribution in [0.3, 0.4) is 0 Å². The van der Waals surface area contributed by atoms with E-state index in [1.54, 1.807) is 36.4 Å². The van der Waals surface area contributed by atoms with Gasteiger partial charge >= 0.3 is 12.4 Å². The van der Waals surface area contributed by atoms with Gasteiger partial charge in [-0.05, 0) is 23.1 Å². The predicted octanol–water partition coefficient (Wildman–Crippen LogP) is 8.09. The summed E-state index contributed by atoms with van der Waals surface area (Å²) in [5.74, 6) is -1.40. The molecule has 2 unspecified atom stereocenters. The van der Waals surface area contributed by atoms with E-state index < -0.39 is 34.8 Å². The Morgan fingerprint density at radius 3 is 1.97 bits per heavy atom. The zero-order valence-corrected chi connectivity index (χ0v) is 16.9. The van der Waals surface area contributed by atoms with Crippen LogP contribution in [0.15, 0.2) is 65.7 Å². The molecule has 0 spiro atoms. The predicted molar refractivity (Wildman–Crippen MR) is 105 cm³/mol. The van der Waals surface area contributed by atoms with Crippen molar-refractivity contribution in [3.8, 4) is 0 Å². The highest BCUT2D eigenvalue weighted by Crippen LogP contribution is 2.59. The lowest BCUT2D eigenvalue weighted by Gasteiger charge is -2.46. The van der Waals surface area contributed by atoms with Crippen LogP contribution in [0, 0.1) is 0 Å². The van der Waals surface area contributed by atoms with Gasteiger partial charge < -0.3 is 0 Å². The van der Waals surface area contributed by atoms with Gasteiger partial charge in [0.2, 0.25) is 0 Å². The number of unbranched alkanes of at least 4 members (excludes halogenated alkanes) is 2. The molecule has 1 aliphatic carbocycles. The summed E-state index contributed by atoms with van der Waals surface area (Å²) < 4.78 is 86.0. The Morgan fingerprint density at radius 1 is 0.800 bits per heavy atom. The van der Waals surface area contributed by atoms with E-state index in [0.29, 0.717) is 24.0 Å². The van der Waals surface area contributed by atoms with Crippen molar-refractivity contribution >= 4 is 0 Å². The van der Waals surface area contributed by atoms with Crippen LogP contribution in [-0.2, 0) is 5.41 Å². The summed E-state index contributed by atoms with van der Waals surface area (Å²) in [4.78, 5) is 0. The molecular formula is C24H24F6. The smallest absolute Gasteiger partial charge is 0.166 e. The molecule has 0 radical (unpaired) electrons. The first-order chi connectivity index (χ1) is 14.0. The normalized spacial score (nSPS) is 22.2. The Hall–Kier alpha value is -2.24. The largest absolute Gasteiger partial charge is 0.414 e. The molecule has 0 aliphatic heterocycles. The second kappa shape index (κ2) is 8.12. The maximum absolute atomic E-state index is 14.5. The number of hydrogen-bond acceptors (Lipinski definition) is 0. The van der Waals surface area contributed by atoms with Gasteiger partial charge in [0, 0.05) is 11.5 Å². The summed E-state index contributed by atoms with van der Waals surface area (Å²) in [6.45, 7) is 3.13. The van der Waals surface area contributed by atoms with Crippen LogP contribution in [0.4, 0.5) is 26.3 Å². The molecule has 3 rings (SSSR count). The minimum Gasteiger partial charge on any atom is -0.166 e. The molecule has 0 saturated heterocycles. The van der Waals surface area contributed by atoms with Crippen LogP contribution in [0.5, 0.6) is 0 Å². The topological polar surface area (TPSA) is 0 Å². The Bertz CT molecular complexity index is 907. The van der Waals surface area contributed by atoms with E-state index in [2.05, 4.69) is 0 Å². The van der Waals surface area contributed by atoms with Gasteiger partial charge in [-0.1, -0.05) is 87.7 Å². The zero-order chi connectivity index (χ0) is 22.2. The maximum Gasteiger partial charge on any atom is 0.414 e. The molecule has 2 aromatic carbocycles. The van der Waals surface area contributed by atoms with Crippen molar-refractivity contribution in [2.45, 2.75) is 63.2 Å². The molecule has 0 nitrogen and oxygen atoms in total. The lowest BCUT2D eigenvalue weighted by molar-refractivity contribution is -0.125. The van der Waals surface area contributed by atoms with Gasteiger partial charge in [0.15, 0.2) is 0 Å². The highest BCUT2D eigenvalue weighted by molar-refractivity contribution is 5.61. The molecular weight excluding hydrogens is 402 g/mol. The molecule has 0 N–H and O–H groups in total. The molecule has 1 aliphatic rings. The summed E-state index contributed by atoms with van der Waals surface area (Å²) in [5, 5.41) is 0. The molecule has 0 aromatic heterocycles. The van der Waals surface area contributed by atoms with Crippen LogP contribution in [0.25, 0.3) is 0 Å². The number of allylic oxidation sites excluding steroid dienone is 2. The van der Waals surface area contributed by atoms with E-state index in [-0.39, 0.29) is 12.0 Å². The summed E-state index contributed by atoms with van der Waals surface area (Å²) in [5.41, 5.74) is -3.97. The molecule has 0 bridgehead atoms. The zero-order valence-electron chi connectivity index (χ0n) is 16.9. The molecule has 0 saturated carbocycles. The van der Waals surface area contributed by atoms with Crippen molar-refractivity contribution in [2.75, 3.05) is 0 Å². The number of benzene rings is 2. The first-order valence-electron chi connectivity index (χ1n) is 10.1. The van der Waals surface area contributed by atoms with E-state index in [4.69, 9.17) is 0 Å². The van der Waals surface area contributed by atoms with Crippen molar-refractivity contribution in [3.05, 3.63) is 82.4 Å². The third-order valence-electron chi connectivity index (χ3n) is 6.03. The number of rotatable bonds is 5. The quantitative estimate of drug-likeness (QED) is 0.257. The fourth-order valence-electron chi connectivity index (χ4n) is 4.85. The fraction of sp³-hybridized carbons (Fsp3) is 0.417. The van der Waals surface area contributed by atoms with E-state index in [1.807, 2.05) is 6.92 Å². The van der Waals surface area contributed by atoms with Crippen LogP contribution in [0.1, 0.15) is 62.1 Å². The number of hydrogen-bond donors (Lipinski definition) is 0. The van der Waals surface area contributed by atoms with Crippen LogP contribution in [-0.4, -0.2) is 12.4 Å². The van der Waals surface area contributed by atoms with Gasteiger partial charge in [0.1, 0.15) is 0 Å². The molecule has 0 heterocycles. The highest BCUT2D eigenvalue weighted by Gasteiger charge is 2.59. The third kappa shape index (κ3) is 3.77. The van der Waals surface area contributed by atoms with Crippen molar-refractivity contribution in [3.63, 3.8) is 0 Å². The van der Waals surface area contributed by atoms with E-state index in [0.717, 1.165) is 6.42 Å². The molecule has 30 heavy (non-hydrogen) atoms. The average Bonchev–Trinajstić information content (AvgIpc) is 2.68. The average molecular weight is 426 g/mol. The standard InChI is InChI=1S/C24H24F6/c1-3-4-10-15-22(17-11-6-5-7-12-17)19-14-9-8-13-18(19)16(2)20(23(25,26)27)21(22)24(28,29)30/h5-9,11-14,16H,3-4,10,15H2,1-2H3. The first-order valence-corrected chi connectivity index (χ1v) is 10.1. The lowest BCUT2D eigenvalue weighted by atomic mass is 9.58. The van der Waals surface area contributed by atoms with Gasteiger partial charge in [0.25, 0.3) is 0 Å². The highest BCUT2D eigenvalue weighted by atomic mass is 19.4. The van der Waals surface area contributed by atoms with Gasteiger partial charge in [-0.15, -0.1) is 0 Å². The summed E-state index contributed by atoms with van der Waals surface area (Å²) in [7, 11) is 0. The second-order valence-electron chi connectivity index (χ2n) is 7.82. The van der Waals surface area contributed by atoms with E-state index in [9.17, 15) is 26.3 Å². The Morgan fingerprint density at radius 2 is 1.40 bits per heavy atom. The summed E-state index contributed by atoms with van der Waals surface area (Å²) in [6.07, 6.45) is -8.49. The van der Waals surface area contributed by atoms with E-state index >= 15 is 0 Å². The molecule has 2 aromatic rings. The number of fused-ring (bicyclic) bond motifs is 1. The minimum atomic E-state index is -5.13. The minimum absolute atomic E-state index is 0.0387. The monoisotopic (exact) mass is 426 g/mol. The third-order valence-corrected chi connectivity index (χ3v) is 6.03. The Balaban J connectivity index is 2.49. The van der Waals surface area contributed by atoms with Crippen LogP contribution >= 0.6 is 0 Å². The van der Waals surface area contributed by atoms with Crippen molar-refractivity contribution in [2.24, 2.45) is 0 Å². The van der Waals surface area contributed by atoms with Crippen molar-refractivity contribution in [1.82, 2.24) is 0 Å². The first kappa shape index (κ1) is 22.4. The number of alkyl halides is 6. The second-order valence-corrected chi connectivity index (χ2v) is 7.82. The fourth-order valence-corrected chi connectivity index (χ4v) is 4.85. The lowest BCUT2D eigenvalue weighted by Crippen LogP contribution is -2.45. The van der Waals surface area contributed by atoms with Gasteiger partial charge in [-0.3, -0.25) is 0 Å². The van der Waals surface area contributed by atoms with Gasteiger partial charge in [-0.2, -0.15) is 26.3 Å². The van der Waals surface area contributed by atoms with Crippen LogP contribution in [0.2, 0.25) is 0 Å². The molecule has 0 amide bonds. The number of halogens is 6. The molecule has 2 atom stereocenters. The van der Waals surface area contributed by atoms with Crippen LogP contribution < -0.4 is 0 Å². The van der Waals surface area contributed by atoms with Crippen molar-refractivity contribution < 1.29 is 26.3 Å². The molecule has 162 valence electrons. The molecule has 0 fully saturated rings. The summed E-state index contributed by atoms with van der Waals surface area (Å²) in [6, 6.07) is 14.1. The Labute approximate surface area is 172 Å². The van der Waals surface area contributed by atoms with Gasteiger partial charge in [0.05, 0.1) is 11.0 Å². The SMILES string of the molecule is CCCCCC1(c2ccccc2)C(C(F)(F)F)=C(C(F)(F)F)C(C)c2ccccc21. The maximum atomic E-state index is 14.5.